The molecule has 0 heterocycles. The van der Waals surface area contributed by atoms with Crippen molar-refractivity contribution >= 4 is 27.6 Å². The second-order valence-electron chi connectivity index (χ2n) is 5.94. The summed E-state index contributed by atoms with van der Waals surface area (Å²) in [5.41, 5.74) is 3.01. The molecule has 0 spiro atoms. The van der Waals surface area contributed by atoms with Gasteiger partial charge >= 0.3 is 6.03 Å². The number of unbranched alkanes of at least 4 members (excludes halogenated alkanes) is 1. The van der Waals surface area contributed by atoms with Gasteiger partial charge in [-0.25, -0.2) is 4.79 Å². The van der Waals surface area contributed by atoms with E-state index in [4.69, 9.17) is 9.84 Å². The molecule has 136 valence electrons. The van der Waals surface area contributed by atoms with E-state index in [1.807, 2.05) is 26.0 Å². The molecule has 1 aromatic carbocycles. The van der Waals surface area contributed by atoms with Crippen LogP contribution in [0, 0.1) is 13.8 Å². The quantitative estimate of drug-likeness (QED) is 0.642. The molecule has 0 saturated heterocycles. The Hall–Kier alpha value is -1.11. The third-order valence-corrected chi connectivity index (χ3v) is 5.08. The van der Waals surface area contributed by atoms with E-state index in [9.17, 15) is 4.79 Å². The average Bonchev–Trinajstić information content (AvgIpc) is 2.55. The first-order chi connectivity index (χ1) is 11.4. The van der Waals surface area contributed by atoms with Crippen LogP contribution >= 0.6 is 15.9 Å². The number of hydrogen-bond donors (Lipinski definition) is 1. The summed E-state index contributed by atoms with van der Waals surface area (Å²) in [7, 11) is 1.70. The SMILES string of the molecule is CCCCOCCN(C(=O)N(C)CCO)c1cc(C)c(Br)c(C)c1. The molecule has 0 aromatic heterocycles. The Bertz CT molecular complexity index is 514. The van der Waals surface area contributed by atoms with Gasteiger partial charge in [0.1, 0.15) is 0 Å². The molecule has 0 aliphatic carbocycles. The molecular formula is C18H29BrN2O3. The van der Waals surface area contributed by atoms with Crippen LogP contribution in [0.15, 0.2) is 16.6 Å². The van der Waals surface area contributed by atoms with E-state index >= 15 is 0 Å². The third-order valence-electron chi connectivity index (χ3n) is 3.83. The highest BCUT2D eigenvalue weighted by Gasteiger charge is 2.20. The fourth-order valence-corrected chi connectivity index (χ4v) is 2.60. The van der Waals surface area contributed by atoms with Gasteiger partial charge in [-0.15, -0.1) is 0 Å². The van der Waals surface area contributed by atoms with Gasteiger partial charge in [0, 0.05) is 30.4 Å². The first-order valence-corrected chi connectivity index (χ1v) is 9.19. The number of halogens is 1. The Labute approximate surface area is 153 Å². The van der Waals surface area contributed by atoms with Crippen LogP contribution in [-0.2, 0) is 4.74 Å². The Kier molecular flexibility index (Phi) is 9.33. The molecule has 0 aliphatic rings. The van der Waals surface area contributed by atoms with E-state index in [2.05, 4.69) is 22.9 Å². The molecule has 0 radical (unpaired) electrons. The molecule has 0 aliphatic heterocycles. The van der Waals surface area contributed by atoms with Crippen LogP contribution in [0.25, 0.3) is 0 Å². The van der Waals surface area contributed by atoms with Crippen molar-refractivity contribution in [2.45, 2.75) is 33.6 Å². The number of nitrogens with zero attached hydrogens (tertiary/aromatic N) is 2. The fourth-order valence-electron chi connectivity index (χ4n) is 2.37. The summed E-state index contributed by atoms with van der Waals surface area (Å²) in [6.45, 7) is 8.09. The maximum absolute atomic E-state index is 12.7. The van der Waals surface area contributed by atoms with Crippen molar-refractivity contribution < 1.29 is 14.6 Å². The Morgan fingerprint density at radius 2 is 1.83 bits per heavy atom. The minimum Gasteiger partial charge on any atom is -0.395 e. The minimum atomic E-state index is -0.135. The van der Waals surface area contributed by atoms with Gasteiger partial charge in [-0.05, 0) is 43.5 Å². The standard InChI is InChI=1S/C18H29BrN2O3/c1-5-6-10-24-11-8-21(18(23)20(4)7-9-22)16-12-14(2)17(19)15(3)13-16/h12-13,22H,5-11H2,1-4H3. The summed E-state index contributed by atoms with van der Waals surface area (Å²) >= 11 is 3.56. The maximum Gasteiger partial charge on any atom is 0.324 e. The lowest BCUT2D eigenvalue weighted by Crippen LogP contribution is -2.44. The number of urea groups is 1. The van der Waals surface area contributed by atoms with Crippen LogP contribution in [0.5, 0.6) is 0 Å². The van der Waals surface area contributed by atoms with E-state index in [-0.39, 0.29) is 12.6 Å². The Morgan fingerprint density at radius 1 is 1.21 bits per heavy atom. The van der Waals surface area contributed by atoms with Crippen molar-refractivity contribution in [1.29, 1.82) is 0 Å². The van der Waals surface area contributed by atoms with Gasteiger partial charge in [-0.3, -0.25) is 4.90 Å². The molecule has 0 atom stereocenters. The van der Waals surface area contributed by atoms with Crippen LogP contribution < -0.4 is 4.90 Å². The minimum absolute atomic E-state index is 0.0541. The number of aliphatic hydroxyl groups excluding tert-OH is 1. The zero-order chi connectivity index (χ0) is 18.1. The van der Waals surface area contributed by atoms with Gasteiger partial charge in [0.15, 0.2) is 0 Å². The monoisotopic (exact) mass is 400 g/mol. The zero-order valence-electron chi connectivity index (χ0n) is 15.1. The van der Waals surface area contributed by atoms with Crippen molar-refractivity contribution in [3.63, 3.8) is 0 Å². The van der Waals surface area contributed by atoms with E-state index in [1.54, 1.807) is 11.9 Å². The number of rotatable bonds is 9. The molecule has 1 rings (SSSR count). The number of carbonyl (C=O) groups is 1. The van der Waals surface area contributed by atoms with E-state index < -0.39 is 0 Å². The van der Waals surface area contributed by atoms with Gasteiger partial charge in [-0.1, -0.05) is 29.3 Å². The summed E-state index contributed by atoms with van der Waals surface area (Å²) in [6.07, 6.45) is 2.11. The van der Waals surface area contributed by atoms with E-state index in [0.29, 0.717) is 26.3 Å². The number of aryl methyl sites for hydroxylation is 2. The van der Waals surface area contributed by atoms with Crippen molar-refractivity contribution in [2.75, 3.05) is 44.9 Å². The summed E-state index contributed by atoms with van der Waals surface area (Å²) in [5, 5.41) is 9.09. The molecule has 24 heavy (non-hydrogen) atoms. The predicted octanol–water partition coefficient (Wildman–Crippen LogP) is 3.73. The second-order valence-corrected chi connectivity index (χ2v) is 6.73. The number of benzene rings is 1. The normalized spacial score (nSPS) is 10.8. The molecule has 2 amide bonds. The number of carbonyl (C=O) groups excluding carboxylic acids is 1. The number of anilines is 1. The zero-order valence-corrected chi connectivity index (χ0v) is 16.7. The van der Waals surface area contributed by atoms with Gasteiger partial charge < -0.3 is 14.7 Å². The second kappa shape index (κ2) is 10.7. The first-order valence-electron chi connectivity index (χ1n) is 8.40. The van der Waals surface area contributed by atoms with Crippen molar-refractivity contribution in [2.24, 2.45) is 0 Å². The Balaban J connectivity index is 2.93. The summed E-state index contributed by atoms with van der Waals surface area (Å²) < 4.78 is 6.69. The number of likely N-dealkylation sites (N-methyl/N-ethyl adjacent to an activating group) is 1. The van der Waals surface area contributed by atoms with Crippen LogP contribution in [0.4, 0.5) is 10.5 Å². The van der Waals surface area contributed by atoms with Crippen LogP contribution in [0.1, 0.15) is 30.9 Å². The number of hydrogen-bond acceptors (Lipinski definition) is 3. The highest BCUT2D eigenvalue weighted by Crippen LogP contribution is 2.27. The van der Waals surface area contributed by atoms with Crippen molar-refractivity contribution in [3.8, 4) is 0 Å². The van der Waals surface area contributed by atoms with Crippen LogP contribution in [-0.4, -0.2) is 56.0 Å². The molecular weight excluding hydrogens is 372 g/mol. The summed E-state index contributed by atoms with van der Waals surface area (Å²) in [5.74, 6) is 0. The molecule has 0 unspecified atom stereocenters. The predicted molar refractivity (Wildman–Crippen MR) is 102 cm³/mol. The largest absolute Gasteiger partial charge is 0.395 e. The number of aliphatic hydroxyl groups is 1. The lowest BCUT2D eigenvalue weighted by Gasteiger charge is -2.29. The van der Waals surface area contributed by atoms with E-state index in [0.717, 1.165) is 34.1 Å². The molecule has 6 heteroatoms. The summed E-state index contributed by atoms with van der Waals surface area (Å²) in [6, 6.07) is 3.85. The highest BCUT2D eigenvalue weighted by atomic mass is 79.9. The maximum atomic E-state index is 12.7. The summed E-state index contributed by atoms with van der Waals surface area (Å²) in [4.78, 5) is 16.0. The van der Waals surface area contributed by atoms with Gasteiger partial charge in [0.05, 0.1) is 19.8 Å². The lowest BCUT2D eigenvalue weighted by molar-refractivity contribution is 0.135. The number of amides is 2. The molecule has 1 aromatic rings. The third kappa shape index (κ3) is 6.07. The van der Waals surface area contributed by atoms with Crippen LogP contribution in [0.3, 0.4) is 0 Å². The van der Waals surface area contributed by atoms with Gasteiger partial charge in [0.25, 0.3) is 0 Å². The lowest BCUT2D eigenvalue weighted by atomic mass is 10.1. The highest BCUT2D eigenvalue weighted by molar-refractivity contribution is 9.10. The fraction of sp³-hybridized carbons (Fsp3) is 0.611. The molecule has 0 fully saturated rings. The van der Waals surface area contributed by atoms with Crippen LogP contribution in [0.2, 0.25) is 0 Å². The average molecular weight is 401 g/mol. The number of ether oxygens (including phenoxy) is 1. The molecule has 0 bridgehead atoms. The van der Waals surface area contributed by atoms with Crippen molar-refractivity contribution in [1.82, 2.24) is 4.90 Å². The molecule has 1 N–H and O–H groups in total. The molecule has 5 nitrogen and oxygen atoms in total. The Morgan fingerprint density at radius 3 is 2.38 bits per heavy atom. The first kappa shape index (κ1) is 20.9. The van der Waals surface area contributed by atoms with Gasteiger partial charge in [-0.2, -0.15) is 0 Å². The van der Waals surface area contributed by atoms with E-state index in [1.165, 1.54) is 4.90 Å². The molecule has 0 saturated carbocycles. The smallest absolute Gasteiger partial charge is 0.324 e. The van der Waals surface area contributed by atoms with Gasteiger partial charge in [0.2, 0.25) is 0 Å². The topological polar surface area (TPSA) is 53.0 Å². The van der Waals surface area contributed by atoms with Crippen molar-refractivity contribution in [3.05, 3.63) is 27.7 Å².